The quantitative estimate of drug-likeness (QED) is 0.774. The molecular formula is C20H18N4O3. The molecule has 0 spiro atoms. The largest absolute Gasteiger partial charge is 0.360 e. The number of carbonyl (C=O) groups is 2. The van der Waals surface area contributed by atoms with E-state index in [0.717, 1.165) is 12.0 Å². The van der Waals surface area contributed by atoms with Crippen molar-refractivity contribution < 1.29 is 14.1 Å². The van der Waals surface area contributed by atoms with Gasteiger partial charge < -0.3 is 14.7 Å². The summed E-state index contributed by atoms with van der Waals surface area (Å²) in [7, 11) is 0. The van der Waals surface area contributed by atoms with Gasteiger partial charge in [-0.05, 0) is 36.6 Å². The van der Waals surface area contributed by atoms with Crippen LogP contribution in [-0.2, 0) is 13.0 Å². The zero-order valence-corrected chi connectivity index (χ0v) is 14.8. The number of benzene rings is 1. The summed E-state index contributed by atoms with van der Waals surface area (Å²) in [5, 5.41) is 6.38. The van der Waals surface area contributed by atoms with Gasteiger partial charge in [0.25, 0.3) is 11.8 Å². The molecule has 0 atom stereocenters. The Bertz CT molecular complexity index is 1010. The van der Waals surface area contributed by atoms with E-state index in [1.165, 1.54) is 17.8 Å². The third kappa shape index (κ3) is 3.57. The number of nitrogens with zero attached hydrogens (tertiary/aromatic N) is 3. The molecule has 3 aromatic rings. The van der Waals surface area contributed by atoms with Crippen molar-refractivity contribution in [3.8, 4) is 0 Å². The number of nitrogens with one attached hydrogen (secondary N) is 1. The summed E-state index contributed by atoms with van der Waals surface area (Å²) in [6, 6.07) is 12.8. The monoisotopic (exact) mass is 362 g/mol. The highest BCUT2D eigenvalue weighted by atomic mass is 16.5. The Kier molecular flexibility index (Phi) is 4.42. The first kappa shape index (κ1) is 17.0. The molecule has 0 saturated heterocycles. The van der Waals surface area contributed by atoms with Crippen LogP contribution in [0.1, 0.15) is 37.7 Å². The predicted octanol–water partition coefficient (Wildman–Crippen LogP) is 2.83. The molecule has 1 aliphatic rings. The van der Waals surface area contributed by atoms with Gasteiger partial charge >= 0.3 is 0 Å². The Balaban J connectivity index is 1.50. The summed E-state index contributed by atoms with van der Waals surface area (Å²) in [4.78, 5) is 31.2. The Morgan fingerprint density at radius 3 is 2.74 bits per heavy atom. The molecule has 1 aromatic carbocycles. The third-order valence-corrected chi connectivity index (χ3v) is 4.53. The van der Waals surface area contributed by atoms with Crippen LogP contribution in [0.3, 0.4) is 0 Å². The second-order valence-corrected chi connectivity index (χ2v) is 6.45. The van der Waals surface area contributed by atoms with E-state index in [4.69, 9.17) is 4.52 Å². The number of carbonyl (C=O) groups excluding carboxylic acids is 2. The fraction of sp³-hybridized carbons (Fsp3) is 0.200. The van der Waals surface area contributed by atoms with Crippen LogP contribution in [0.25, 0.3) is 0 Å². The van der Waals surface area contributed by atoms with Crippen molar-refractivity contribution in [1.29, 1.82) is 0 Å². The lowest BCUT2D eigenvalue weighted by Gasteiger charge is -2.28. The van der Waals surface area contributed by atoms with Gasteiger partial charge in [-0.15, -0.1) is 0 Å². The lowest BCUT2D eigenvalue weighted by Crippen LogP contribution is -2.36. The maximum absolute atomic E-state index is 12.9. The van der Waals surface area contributed by atoms with Gasteiger partial charge in [-0.1, -0.05) is 29.4 Å². The third-order valence-electron chi connectivity index (χ3n) is 4.53. The molecule has 1 aliphatic heterocycles. The first-order valence-corrected chi connectivity index (χ1v) is 8.67. The zero-order chi connectivity index (χ0) is 18.8. The van der Waals surface area contributed by atoms with Gasteiger partial charge in [0.1, 0.15) is 11.5 Å². The average Bonchev–Trinajstić information content (AvgIpc) is 3.11. The highest BCUT2D eigenvalue weighted by molar-refractivity contribution is 6.05. The first-order valence-electron chi connectivity index (χ1n) is 8.67. The van der Waals surface area contributed by atoms with Crippen LogP contribution < -0.4 is 5.32 Å². The van der Waals surface area contributed by atoms with Crippen LogP contribution in [0.15, 0.2) is 53.2 Å². The fourth-order valence-corrected chi connectivity index (χ4v) is 3.13. The second-order valence-electron chi connectivity index (χ2n) is 6.45. The van der Waals surface area contributed by atoms with Gasteiger partial charge in [-0.25, -0.2) is 0 Å². The van der Waals surface area contributed by atoms with E-state index < -0.39 is 0 Å². The number of aryl methyl sites for hydroxylation is 1. The molecule has 27 heavy (non-hydrogen) atoms. The van der Waals surface area contributed by atoms with Crippen molar-refractivity contribution in [1.82, 2.24) is 15.0 Å². The Hall–Kier alpha value is -3.48. The standard InChI is InChI=1S/C20H18N4O3/c1-13-10-18(23-27-13)22-19(25)15-6-8-21-17(11-15)20(26)24-9-7-14-4-2-3-5-16(14)12-24/h2-6,8,10-11H,7,9,12H2,1H3,(H,22,23,25). The van der Waals surface area contributed by atoms with Crippen LogP contribution in [0.5, 0.6) is 0 Å². The van der Waals surface area contributed by atoms with E-state index in [0.29, 0.717) is 30.2 Å². The van der Waals surface area contributed by atoms with E-state index in [2.05, 4.69) is 21.5 Å². The fourth-order valence-electron chi connectivity index (χ4n) is 3.13. The molecule has 0 aliphatic carbocycles. The summed E-state index contributed by atoms with van der Waals surface area (Å²) < 4.78 is 4.93. The number of fused-ring (bicyclic) bond motifs is 1. The lowest BCUT2D eigenvalue weighted by molar-refractivity contribution is 0.0728. The molecule has 7 heteroatoms. The van der Waals surface area contributed by atoms with Gasteiger partial charge in [0.15, 0.2) is 5.82 Å². The van der Waals surface area contributed by atoms with Gasteiger partial charge in [0, 0.05) is 30.9 Å². The highest BCUT2D eigenvalue weighted by Crippen LogP contribution is 2.20. The topological polar surface area (TPSA) is 88.3 Å². The second kappa shape index (κ2) is 7.03. The molecule has 7 nitrogen and oxygen atoms in total. The Morgan fingerprint density at radius 2 is 1.96 bits per heavy atom. The van der Waals surface area contributed by atoms with Crippen LogP contribution in [-0.4, -0.2) is 33.4 Å². The van der Waals surface area contributed by atoms with Gasteiger partial charge in [0.2, 0.25) is 0 Å². The molecule has 3 heterocycles. The number of hydrogen-bond acceptors (Lipinski definition) is 5. The smallest absolute Gasteiger partial charge is 0.272 e. The van der Waals surface area contributed by atoms with Crippen molar-refractivity contribution in [2.75, 3.05) is 11.9 Å². The number of pyridine rings is 1. The number of hydrogen-bond donors (Lipinski definition) is 1. The van der Waals surface area contributed by atoms with Crippen LogP contribution in [0, 0.1) is 6.92 Å². The molecule has 0 saturated carbocycles. The highest BCUT2D eigenvalue weighted by Gasteiger charge is 2.23. The zero-order valence-electron chi connectivity index (χ0n) is 14.8. The van der Waals surface area contributed by atoms with E-state index in [-0.39, 0.29) is 17.5 Å². The molecule has 136 valence electrons. The SMILES string of the molecule is Cc1cc(NC(=O)c2ccnc(C(=O)N3CCc4ccccc4C3)c2)no1. The van der Waals surface area contributed by atoms with Gasteiger partial charge in [-0.3, -0.25) is 14.6 Å². The summed E-state index contributed by atoms with van der Waals surface area (Å²) in [6.45, 7) is 2.92. The Morgan fingerprint density at radius 1 is 1.15 bits per heavy atom. The molecule has 0 unspecified atom stereocenters. The molecule has 0 bridgehead atoms. The summed E-state index contributed by atoms with van der Waals surface area (Å²) >= 11 is 0. The minimum absolute atomic E-state index is 0.184. The molecule has 4 rings (SSSR count). The minimum atomic E-state index is -0.372. The lowest BCUT2D eigenvalue weighted by atomic mass is 9.99. The maximum atomic E-state index is 12.9. The van der Waals surface area contributed by atoms with Crippen molar-refractivity contribution in [3.05, 3.63) is 76.8 Å². The maximum Gasteiger partial charge on any atom is 0.272 e. The minimum Gasteiger partial charge on any atom is -0.360 e. The van der Waals surface area contributed by atoms with Crippen LogP contribution in [0.2, 0.25) is 0 Å². The molecule has 0 radical (unpaired) electrons. The van der Waals surface area contributed by atoms with E-state index in [1.807, 2.05) is 18.2 Å². The normalized spacial score (nSPS) is 13.1. The molecular weight excluding hydrogens is 344 g/mol. The van der Waals surface area contributed by atoms with Crippen molar-refractivity contribution in [3.63, 3.8) is 0 Å². The number of anilines is 1. The molecule has 2 aromatic heterocycles. The summed E-state index contributed by atoms with van der Waals surface area (Å²) in [6.07, 6.45) is 2.28. The van der Waals surface area contributed by atoms with Crippen LogP contribution >= 0.6 is 0 Å². The van der Waals surface area contributed by atoms with E-state index in [9.17, 15) is 9.59 Å². The first-order chi connectivity index (χ1) is 13.1. The van der Waals surface area contributed by atoms with E-state index >= 15 is 0 Å². The van der Waals surface area contributed by atoms with Crippen molar-refractivity contribution >= 4 is 17.6 Å². The van der Waals surface area contributed by atoms with Gasteiger partial charge in [0.05, 0.1) is 0 Å². The van der Waals surface area contributed by atoms with Crippen molar-refractivity contribution in [2.45, 2.75) is 19.9 Å². The Labute approximate surface area is 156 Å². The predicted molar refractivity (Wildman–Crippen MR) is 98.3 cm³/mol. The molecule has 1 N–H and O–H groups in total. The molecule has 0 fully saturated rings. The number of amides is 2. The number of aromatic nitrogens is 2. The average molecular weight is 362 g/mol. The summed E-state index contributed by atoms with van der Waals surface area (Å²) in [5.41, 5.74) is 3.00. The van der Waals surface area contributed by atoms with E-state index in [1.54, 1.807) is 24.0 Å². The number of rotatable bonds is 3. The van der Waals surface area contributed by atoms with Crippen molar-refractivity contribution in [2.24, 2.45) is 0 Å². The van der Waals surface area contributed by atoms with Gasteiger partial charge in [-0.2, -0.15) is 0 Å². The van der Waals surface area contributed by atoms with Crippen LogP contribution in [0.4, 0.5) is 5.82 Å². The molecule has 2 amide bonds. The summed E-state index contributed by atoms with van der Waals surface area (Å²) in [5.74, 6) is 0.372.